The van der Waals surface area contributed by atoms with Gasteiger partial charge in [0.05, 0.1) is 12.5 Å². The van der Waals surface area contributed by atoms with Gasteiger partial charge in [-0.1, -0.05) is 30.3 Å². The summed E-state index contributed by atoms with van der Waals surface area (Å²) >= 11 is 0. The van der Waals surface area contributed by atoms with Crippen LogP contribution >= 0.6 is 0 Å². The van der Waals surface area contributed by atoms with Crippen LogP contribution < -0.4 is 10.7 Å². The molecule has 2 aromatic rings. The summed E-state index contributed by atoms with van der Waals surface area (Å²) in [6.45, 7) is 3.37. The van der Waals surface area contributed by atoms with Crippen LogP contribution in [0.2, 0.25) is 0 Å². The lowest BCUT2D eigenvalue weighted by atomic mass is 10.1. The van der Waals surface area contributed by atoms with Gasteiger partial charge in [-0.25, -0.2) is 0 Å². The van der Waals surface area contributed by atoms with E-state index in [-0.39, 0.29) is 18.9 Å². The van der Waals surface area contributed by atoms with E-state index >= 15 is 0 Å². The number of carbonyl (C=O) groups excluding carboxylic acids is 4. The molecule has 8 heteroatoms. The van der Waals surface area contributed by atoms with Crippen LogP contribution in [0.1, 0.15) is 27.9 Å². The predicted octanol–water partition coefficient (Wildman–Crippen LogP) is 1.98. The van der Waals surface area contributed by atoms with E-state index in [1.54, 1.807) is 36.4 Å². The average Bonchev–Trinajstić information content (AvgIpc) is 3.10. The largest absolute Gasteiger partial charge is 0.455 e. The fourth-order valence-corrected chi connectivity index (χ4v) is 3.08. The third kappa shape index (κ3) is 5.02. The van der Waals surface area contributed by atoms with Crippen LogP contribution in [0.25, 0.3) is 0 Å². The fourth-order valence-electron chi connectivity index (χ4n) is 3.08. The number of rotatable bonds is 6. The Labute approximate surface area is 174 Å². The zero-order chi connectivity index (χ0) is 21.7. The molecule has 8 nitrogen and oxygen atoms in total. The van der Waals surface area contributed by atoms with Gasteiger partial charge in [-0.2, -0.15) is 0 Å². The van der Waals surface area contributed by atoms with Gasteiger partial charge in [-0.3, -0.25) is 29.6 Å². The van der Waals surface area contributed by atoms with Crippen molar-refractivity contribution in [3.8, 4) is 0 Å². The molecule has 1 aliphatic rings. The highest BCUT2D eigenvalue weighted by atomic mass is 16.5. The van der Waals surface area contributed by atoms with Crippen molar-refractivity contribution >= 4 is 29.4 Å². The Kier molecular flexibility index (Phi) is 6.46. The summed E-state index contributed by atoms with van der Waals surface area (Å²) in [7, 11) is 0. The predicted molar refractivity (Wildman–Crippen MR) is 109 cm³/mol. The van der Waals surface area contributed by atoms with Crippen LogP contribution in [-0.2, 0) is 19.1 Å². The van der Waals surface area contributed by atoms with E-state index in [2.05, 4.69) is 10.7 Å². The smallest absolute Gasteiger partial charge is 0.311 e. The second-order valence-electron chi connectivity index (χ2n) is 7.12. The monoisotopic (exact) mass is 409 g/mol. The number of benzene rings is 2. The standard InChI is InChI=1S/C22H23N3O5/c1-14-7-6-10-18(15(14)2)23-19(26)13-30-22(29)17-11-20(27)25(12-17)24-21(28)16-8-4-3-5-9-16/h3-10,17H,11-13H2,1-2H3,(H,23,26)(H,24,28). The molecule has 1 fully saturated rings. The van der Waals surface area contributed by atoms with Crippen LogP contribution in [0.15, 0.2) is 48.5 Å². The van der Waals surface area contributed by atoms with Crippen LogP contribution in [0.5, 0.6) is 0 Å². The van der Waals surface area contributed by atoms with Gasteiger partial charge >= 0.3 is 5.97 Å². The highest BCUT2D eigenvalue weighted by Gasteiger charge is 2.36. The van der Waals surface area contributed by atoms with Crippen molar-refractivity contribution in [2.24, 2.45) is 5.92 Å². The van der Waals surface area contributed by atoms with E-state index in [4.69, 9.17) is 4.74 Å². The number of ether oxygens (including phenoxy) is 1. The van der Waals surface area contributed by atoms with E-state index in [0.717, 1.165) is 16.1 Å². The Balaban J connectivity index is 1.49. The van der Waals surface area contributed by atoms with Gasteiger partial charge in [-0.05, 0) is 43.2 Å². The Morgan fingerprint density at radius 2 is 1.80 bits per heavy atom. The number of nitrogens with zero attached hydrogens (tertiary/aromatic N) is 1. The minimum absolute atomic E-state index is 0.00511. The number of hydrazine groups is 1. The number of amides is 3. The van der Waals surface area contributed by atoms with Crippen molar-refractivity contribution in [3.63, 3.8) is 0 Å². The Morgan fingerprint density at radius 1 is 1.07 bits per heavy atom. The number of hydrogen-bond acceptors (Lipinski definition) is 5. The molecule has 156 valence electrons. The number of aryl methyl sites for hydroxylation is 1. The lowest BCUT2D eigenvalue weighted by Gasteiger charge is -2.17. The maximum Gasteiger partial charge on any atom is 0.311 e. The van der Waals surface area contributed by atoms with Gasteiger partial charge in [0, 0.05) is 17.7 Å². The third-order valence-corrected chi connectivity index (χ3v) is 4.96. The van der Waals surface area contributed by atoms with E-state index in [1.165, 1.54) is 0 Å². The molecule has 1 unspecified atom stereocenters. The zero-order valence-corrected chi connectivity index (χ0v) is 16.8. The number of hydrogen-bond donors (Lipinski definition) is 2. The topological polar surface area (TPSA) is 105 Å². The molecule has 3 rings (SSSR count). The van der Waals surface area contributed by atoms with Gasteiger partial charge in [-0.15, -0.1) is 0 Å². The first-order valence-corrected chi connectivity index (χ1v) is 9.54. The minimum Gasteiger partial charge on any atom is -0.455 e. The van der Waals surface area contributed by atoms with Gasteiger partial charge in [0.15, 0.2) is 6.61 Å². The minimum atomic E-state index is -0.748. The van der Waals surface area contributed by atoms with E-state index in [1.807, 2.05) is 26.0 Å². The highest BCUT2D eigenvalue weighted by Crippen LogP contribution is 2.19. The third-order valence-electron chi connectivity index (χ3n) is 4.96. The summed E-state index contributed by atoms with van der Waals surface area (Å²) < 4.78 is 5.07. The lowest BCUT2D eigenvalue weighted by molar-refractivity contribution is -0.151. The molecule has 1 heterocycles. The Morgan fingerprint density at radius 3 is 2.53 bits per heavy atom. The summed E-state index contributed by atoms with van der Waals surface area (Å²) in [5.74, 6) is -2.69. The van der Waals surface area contributed by atoms with Gasteiger partial charge in [0.25, 0.3) is 11.8 Å². The molecule has 1 aliphatic heterocycles. The Hall–Kier alpha value is -3.68. The molecule has 0 bridgehead atoms. The summed E-state index contributed by atoms with van der Waals surface area (Å²) in [5.41, 5.74) is 5.52. The molecular formula is C22H23N3O5. The molecule has 3 amide bonds. The maximum absolute atomic E-state index is 12.3. The number of esters is 1. The normalized spacial score (nSPS) is 15.6. The first-order valence-electron chi connectivity index (χ1n) is 9.54. The molecule has 0 aliphatic carbocycles. The quantitative estimate of drug-likeness (QED) is 0.710. The molecule has 1 atom stereocenters. The van der Waals surface area contributed by atoms with Crippen molar-refractivity contribution in [2.45, 2.75) is 20.3 Å². The zero-order valence-electron chi connectivity index (χ0n) is 16.8. The second-order valence-corrected chi connectivity index (χ2v) is 7.12. The van der Waals surface area contributed by atoms with E-state index in [0.29, 0.717) is 11.3 Å². The second kappa shape index (κ2) is 9.21. The summed E-state index contributed by atoms with van der Waals surface area (Å²) in [6, 6.07) is 14.0. The first-order chi connectivity index (χ1) is 14.3. The highest BCUT2D eigenvalue weighted by molar-refractivity contribution is 5.97. The molecule has 0 radical (unpaired) electrons. The van der Waals surface area contributed by atoms with E-state index in [9.17, 15) is 19.2 Å². The van der Waals surface area contributed by atoms with Gasteiger partial charge in [0.1, 0.15) is 0 Å². The van der Waals surface area contributed by atoms with Gasteiger partial charge < -0.3 is 10.1 Å². The van der Waals surface area contributed by atoms with Crippen LogP contribution in [0, 0.1) is 19.8 Å². The summed E-state index contributed by atoms with van der Waals surface area (Å²) in [5, 5.41) is 3.82. The van der Waals surface area contributed by atoms with Crippen molar-refractivity contribution < 1.29 is 23.9 Å². The molecule has 1 saturated heterocycles. The van der Waals surface area contributed by atoms with Crippen molar-refractivity contribution in [3.05, 3.63) is 65.2 Å². The van der Waals surface area contributed by atoms with Crippen LogP contribution in [0.4, 0.5) is 5.69 Å². The van der Waals surface area contributed by atoms with E-state index < -0.39 is 30.3 Å². The number of nitrogens with one attached hydrogen (secondary N) is 2. The van der Waals surface area contributed by atoms with Crippen LogP contribution in [0.3, 0.4) is 0 Å². The fraction of sp³-hybridized carbons (Fsp3) is 0.273. The molecular weight excluding hydrogens is 386 g/mol. The van der Waals surface area contributed by atoms with Crippen molar-refractivity contribution in [1.29, 1.82) is 0 Å². The molecule has 2 aromatic carbocycles. The first kappa shape index (κ1) is 21.0. The average molecular weight is 409 g/mol. The van der Waals surface area contributed by atoms with Crippen molar-refractivity contribution in [1.82, 2.24) is 10.4 Å². The maximum atomic E-state index is 12.3. The summed E-state index contributed by atoms with van der Waals surface area (Å²) in [4.78, 5) is 48.7. The Bertz CT molecular complexity index is 974. The molecule has 0 saturated carbocycles. The SMILES string of the molecule is Cc1cccc(NC(=O)COC(=O)C2CC(=O)N(NC(=O)c3ccccc3)C2)c1C. The molecule has 0 spiro atoms. The number of anilines is 1. The summed E-state index contributed by atoms with van der Waals surface area (Å²) in [6.07, 6.45) is -0.0908. The number of carbonyl (C=O) groups is 4. The molecule has 2 N–H and O–H groups in total. The van der Waals surface area contributed by atoms with Crippen molar-refractivity contribution in [2.75, 3.05) is 18.5 Å². The van der Waals surface area contributed by atoms with Gasteiger partial charge in [0.2, 0.25) is 5.91 Å². The lowest BCUT2D eigenvalue weighted by Crippen LogP contribution is -2.43. The molecule has 0 aromatic heterocycles. The molecule has 30 heavy (non-hydrogen) atoms. The van der Waals surface area contributed by atoms with Crippen LogP contribution in [-0.4, -0.2) is 41.9 Å².